The maximum absolute atomic E-state index is 11.9. The minimum absolute atomic E-state index is 0.0914. The number of phenolic OH excluding ortho intramolecular Hbond substituents is 1. The molecule has 0 saturated carbocycles. The molecule has 27 heavy (non-hydrogen) atoms. The van der Waals surface area contributed by atoms with Gasteiger partial charge < -0.3 is 19.9 Å². The molecule has 0 aliphatic heterocycles. The molecule has 0 heterocycles. The van der Waals surface area contributed by atoms with E-state index in [1.807, 2.05) is 6.92 Å². The van der Waals surface area contributed by atoms with Crippen molar-refractivity contribution in [2.24, 2.45) is 5.10 Å². The van der Waals surface area contributed by atoms with E-state index >= 15 is 0 Å². The second-order valence-electron chi connectivity index (χ2n) is 5.37. The summed E-state index contributed by atoms with van der Waals surface area (Å²) in [6.07, 6.45) is 0.870. The van der Waals surface area contributed by atoms with Crippen molar-refractivity contribution in [3.8, 4) is 17.2 Å². The lowest BCUT2D eigenvalue weighted by Crippen LogP contribution is -2.24. The summed E-state index contributed by atoms with van der Waals surface area (Å²) >= 11 is 0. The number of methoxy groups -OCH3 is 1. The van der Waals surface area contributed by atoms with Gasteiger partial charge in [-0.05, 0) is 43.3 Å². The van der Waals surface area contributed by atoms with E-state index in [1.165, 1.54) is 13.3 Å². The molecule has 2 aromatic carbocycles. The standard InChI is InChI=1S/C19H21N3O5/c1-3-27-15-9-7-14(8-10-15)21-17(23)11-18(24)22-20-12-13-5-4-6-16(26-2)19(13)25/h4-10,12,25H,3,11H2,1-2H3,(H,21,23)(H,22,24)/b20-12+. The van der Waals surface area contributed by atoms with E-state index in [-0.39, 0.29) is 5.75 Å². The third-order valence-electron chi connectivity index (χ3n) is 3.41. The molecule has 0 aromatic heterocycles. The molecule has 0 radical (unpaired) electrons. The minimum Gasteiger partial charge on any atom is -0.504 e. The topological polar surface area (TPSA) is 109 Å². The van der Waals surface area contributed by atoms with E-state index in [0.29, 0.717) is 29.4 Å². The molecule has 0 bridgehead atoms. The SMILES string of the molecule is CCOc1ccc(NC(=O)CC(=O)N/N=C/c2cccc(OC)c2O)cc1. The van der Waals surface area contributed by atoms with Crippen LogP contribution in [0.25, 0.3) is 0 Å². The molecular weight excluding hydrogens is 350 g/mol. The van der Waals surface area contributed by atoms with E-state index in [4.69, 9.17) is 9.47 Å². The van der Waals surface area contributed by atoms with Crippen LogP contribution in [-0.4, -0.2) is 36.9 Å². The number of hydrogen-bond acceptors (Lipinski definition) is 6. The van der Waals surface area contributed by atoms with Crippen molar-refractivity contribution in [2.75, 3.05) is 19.0 Å². The Kier molecular flexibility index (Phi) is 7.18. The Labute approximate surface area is 156 Å². The number of hydrazone groups is 1. The highest BCUT2D eigenvalue weighted by Crippen LogP contribution is 2.27. The molecule has 2 aromatic rings. The van der Waals surface area contributed by atoms with Crippen LogP contribution >= 0.6 is 0 Å². The molecule has 2 rings (SSSR count). The fourth-order valence-electron chi connectivity index (χ4n) is 2.17. The van der Waals surface area contributed by atoms with Gasteiger partial charge in [-0.15, -0.1) is 0 Å². The summed E-state index contributed by atoms with van der Waals surface area (Å²) < 4.78 is 10.3. The monoisotopic (exact) mass is 371 g/mol. The van der Waals surface area contributed by atoms with E-state index in [0.717, 1.165) is 0 Å². The van der Waals surface area contributed by atoms with Gasteiger partial charge >= 0.3 is 0 Å². The van der Waals surface area contributed by atoms with Crippen LogP contribution in [0.2, 0.25) is 0 Å². The summed E-state index contributed by atoms with van der Waals surface area (Å²) in [6.45, 7) is 2.44. The van der Waals surface area contributed by atoms with Crippen molar-refractivity contribution in [1.82, 2.24) is 5.43 Å². The van der Waals surface area contributed by atoms with Crippen molar-refractivity contribution in [3.63, 3.8) is 0 Å². The Morgan fingerprint density at radius 1 is 1.15 bits per heavy atom. The van der Waals surface area contributed by atoms with Crippen molar-refractivity contribution in [3.05, 3.63) is 48.0 Å². The molecular formula is C19H21N3O5. The van der Waals surface area contributed by atoms with E-state index < -0.39 is 18.2 Å². The first-order valence-corrected chi connectivity index (χ1v) is 8.24. The third-order valence-corrected chi connectivity index (χ3v) is 3.41. The molecule has 8 heteroatoms. The summed E-state index contributed by atoms with van der Waals surface area (Å²) in [5.74, 6) is -0.164. The van der Waals surface area contributed by atoms with Gasteiger partial charge in [0.05, 0.1) is 19.9 Å². The van der Waals surface area contributed by atoms with Crippen molar-refractivity contribution in [2.45, 2.75) is 13.3 Å². The number of phenols is 1. The van der Waals surface area contributed by atoms with Gasteiger partial charge in [-0.1, -0.05) is 6.07 Å². The average Bonchev–Trinajstić information content (AvgIpc) is 2.65. The summed E-state index contributed by atoms with van der Waals surface area (Å²) in [7, 11) is 1.43. The first-order chi connectivity index (χ1) is 13.0. The van der Waals surface area contributed by atoms with Crippen LogP contribution in [-0.2, 0) is 9.59 Å². The molecule has 0 atom stereocenters. The molecule has 2 amide bonds. The van der Waals surface area contributed by atoms with Crippen LogP contribution in [0, 0.1) is 0 Å². The van der Waals surface area contributed by atoms with Crippen LogP contribution in [0.5, 0.6) is 17.2 Å². The number of anilines is 1. The Balaban J connectivity index is 1.83. The van der Waals surface area contributed by atoms with Crippen molar-refractivity contribution >= 4 is 23.7 Å². The lowest BCUT2D eigenvalue weighted by Gasteiger charge is -2.07. The summed E-state index contributed by atoms with van der Waals surface area (Å²) in [5, 5.41) is 16.3. The number of nitrogens with zero attached hydrogens (tertiary/aromatic N) is 1. The molecule has 0 unspecified atom stereocenters. The highest BCUT2D eigenvalue weighted by atomic mass is 16.5. The van der Waals surface area contributed by atoms with Gasteiger partial charge in [0.1, 0.15) is 12.2 Å². The molecule has 0 aliphatic carbocycles. The number of nitrogens with one attached hydrogen (secondary N) is 2. The van der Waals surface area contributed by atoms with E-state index in [9.17, 15) is 14.7 Å². The lowest BCUT2D eigenvalue weighted by atomic mass is 10.2. The number of para-hydroxylation sites is 1. The van der Waals surface area contributed by atoms with E-state index in [1.54, 1.807) is 42.5 Å². The summed E-state index contributed by atoms with van der Waals surface area (Å²) in [4.78, 5) is 23.7. The van der Waals surface area contributed by atoms with Crippen LogP contribution in [0.3, 0.4) is 0 Å². The van der Waals surface area contributed by atoms with Crippen LogP contribution < -0.4 is 20.2 Å². The molecule has 0 saturated heterocycles. The quantitative estimate of drug-likeness (QED) is 0.375. The number of carbonyl (C=O) groups excluding carboxylic acids is 2. The van der Waals surface area contributed by atoms with Gasteiger partial charge in [-0.3, -0.25) is 9.59 Å². The Hall–Kier alpha value is -3.55. The largest absolute Gasteiger partial charge is 0.504 e. The zero-order valence-electron chi connectivity index (χ0n) is 15.1. The molecule has 0 aliphatic rings. The molecule has 3 N–H and O–H groups in total. The Morgan fingerprint density at radius 2 is 1.89 bits per heavy atom. The second-order valence-corrected chi connectivity index (χ2v) is 5.37. The number of aromatic hydroxyl groups is 1. The number of ether oxygens (including phenoxy) is 2. The van der Waals surface area contributed by atoms with Gasteiger partial charge in [-0.2, -0.15) is 5.10 Å². The molecule has 0 fully saturated rings. The maximum Gasteiger partial charge on any atom is 0.249 e. The Bertz CT molecular complexity index is 819. The first kappa shape index (κ1) is 19.8. The zero-order valence-corrected chi connectivity index (χ0v) is 15.1. The van der Waals surface area contributed by atoms with Crippen molar-refractivity contribution < 1.29 is 24.2 Å². The predicted octanol–water partition coefficient (Wildman–Crippen LogP) is 2.28. The van der Waals surface area contributed by atoms with Crippen LogP contribution in [0.4, 0.5) is 5.69 Å². The van der Waals surface area contributed by atoms with Gasteiger partial charge in [0, 0.05) is 11.3 Å². The number of carbonyl (C=O) groups is 2. The number of hydrogen-bond donors (Lipinski definition) is 3. The third kappa shape index (κ3) is 6.03. The number of amides is 2. The second kappa shape index (κ2) is 9.81. The predicted molar refractivity (Wildman–Crippen MR) is 101 cm³/mol. The molecule has 8 nitrogen and oxygen atoms in total. The smallest absolute Gasteiger partial charge is 0.249 e. The number of rotatable bonds is 8. The minimum atomic E-state index is -0.586. The lowest BCUT2D eigenvalue weighted by molar-refractivity contribution is -0.126. The Morgan fingerprint density at radius 3 is 2.56 bits per heavy atom. The normalized spacial score (nSPS) is 10.4. The molecule has 0 spiro atoms. The average molecular weight is 371 g/mol. The first-order valence-electron chi connectivity index (χ1n) is 8.24. The summed E-state index contributed by atoms with van der Waals surface area (Å²) in [5.41, 5.74) is 3.16. The van der Waals surface area contributed by atoms with E-state index in [2.05, 4.69) is 15.8 Å². The highest BCUT2D eigenvalue weighted by Gasteiger charge is 2.10. The summed E-state index contributed by atoms with van der Waals surface area (Å²) in [6, 6.07) is 11.7. The van der Waals surface area contributed by atoms with Gasteiger partial charge in [-0.25, -0.2) is 5.43 Å². The van der Waals surface area contributed by atoms with Gasteiger partial charge in [0.15, 0.2) is 11.5 Å². The van der Waals surface area contributed by atoms with Crippen LogP contribution in [0.1, 0.15) is 18.9 Å². The maximum atomic E-state index is 11.9. The molecule has 142 valence electrons. The van der Waals surface area contributed by atoms with Crippen LogP contribution in [0.15, 0.2) is 47.6 Å². The fourth-order valence-corrected chi connectivity index (χ4v) is 2.17. The van der Waals surface area contributed by atoms with Gasteiger partial charge in [0.2, 0.25) is 11.8 Å². The highest BCUT2D eigenvalue weighted by molar-refractivity contribution is 6.03. The van der Waals surface area contributed by atoms with Gasteiger partial charge in [0.25, 0.3) is 0 Å². The van der Waals surface area contributed by atoms with Crippen molar-refractivity contribution in [1.29, 1.82) is 0 Å². The number of benzene rings is 2. The fraction of sp³-hybridized carbons (Fsp3) is 0.211. The zero-order chi connectivity index (χ0) is 19.6.